The van der Waals surface area contributed by atoms with E-state index in [1.807, 2.05) is 0 Å². The SMILES string of the molecule is Cc1nc(-c2ccc(Cl)s2)c(C(=O)O)n1C. The largest absolute Gasteiger partial charge is 0.477 e. The number of aromatic carboxylic acids is 1. The van der Waals surface area contributed by atoms with Crippen molar-refractivity contribution in [2.24, 2.45) is 7.05 Å². The van der Waals surface area contributed by atoms with Gasteiger partial charge >= 0.3 is 5.97 Å². The number of rotatable bonds is 2. The first kappa shape index (κ1) is 11.2. The molecule has 1 N–H and O–H groups in total. The molecule has 2 aromatic heterocycles. The summed E-state index contributed by atoms with van der Waals surface area (Å²) in [5, 5.41) is 9.14. The van der Waals surface area contributed by atoms with Crippen LogP contribution in [0, 0.1) is 6.92 Å². The number of carboxylic acids is 1. The molecular weight excluding hydrogens is 248 g/mol. The van der Waals surface area contributed by atoms with Crippen LogP contribution in [-0.2, 0) is 7.05 Å². The monoisotopic (exact) mass is 256 g/mol. The Labute approximate surface area is 101 Å². The number of thiophene rings is 1. The number of aromatic nitrogens is 2. The Morgan fingerprint density at radius 2 is 2.25 bits per heavy atom. The molecule has 0 amide bonds. The average Bonchev–Trinajstić information content (AvgIpc) is 2.73. The molecule has 0 fully saturated rings. The molecule has 0 saturated heterocycles. The van der Waals surface area contributed by atoms with E-state index in [4.69, 9.17) is 16.7 Å². The van der Waals surface area contributed by atoms with Gasteiger partial charge in [0.15, 0.2) is 5.69 Å². The van der Waals surface area contributed by atoms with Crippen LogP contribution in [0.2, 0.25) is 4.34 Å². The Hall–Kier alpha value is -1.33. The zero-order valence-corrected chi connectivity index (χ0v) is 10.3. The molecule has 0 radical (unpaired) electrons. The zero-order chi connectivity index (χ0) is 11.9. The van der Waals surface area contributed by atoms with E-state index in [0.717, 1.165) is 4.88 Å². The summed E-state index contributed by atoms with van der Waals surface area (Å²) in [6.07, 6.45) is 0. The van der Waals surface area contributed by atoms with Crippen LogP contribution in [0.3, 0.4) is 0 Å². The lowest BCUT2D eigenvalue weighted by atomic mass is 10.3. The second-order valence-corrected chi connectivity index (χ2v) is 5.04. The van der Waals surface area contributed by atoms with Crippen molar-refractivity contribution in [1.82, 2.24) is 9.55 Å². The first-order valence-electron chi connectivity index (χ1n) is 4.53. The minimum atomic E-state index is -0.984. The summed E-state index contributed by atoms with van der Waals surface area (Å²) < 4.78 is 2.18. The topological polar surface area (TPSA) is 55.1 Å². The van der Waals surface area contributed by atoms with Crippen molar-refractivity contribution in [1.29, 1.82) is 0 Å². The third-order valence-corrected chi connectivity index (χ3v) is 3.57. The van der Waals surface area contributed by atoms with Crippen molar-refractivity contribution >= 4 is 28.9 Å². The molecular formula is C10H9ClN2O2S. The fraction of sp³-hybridized carbons (Fsp3) is 0.200. The van der Waals surface area contributed by atoms with E-state index in [2.05, 4.69) is 4.98 Å². The van der Waals surface area contributed by atoms with Crippen molar-refractivity contribution < 1.29 is 9.90 Å². The van der Waals surface area contributed by atoms with Crippen molar-refractivity contribution in [3.63, 3.8) is 0 Å². The van der Waals surface area contributed by atoms with Gasteiger partial charge in [-0.15, -0.1) is 11.3 Å². The van der Waals surface area contributed by atoms with Gasteiger partial charge in [0.25, 0.3) is 0 Å². The molecule has 2 heterocycles. The van der Waals surface area contributed by atoms with Crippen LogP contribution in [0.25, 0.3) is 10.6 Å². The summed E-state index contributed by atoms with van der Waals surface area (Å²) >= 11 is 7.15. The van der Waals surface area contributed by atoms with E-state index in [9.17, 15) is 4.79 Å². The molecule has 6 heteroatoms. The minimum absolute atomic E-state index is 0.191. The predicted octanol–water partition coefficient (Wildman–Crippen LogP) is 2.81. The lowest BCUT2D eigenvalue weighted by Gasteiger charge is -1.99. The van der Waals surface area contributed by atoms with Gasteiger partial charge in [-0.05, 0) is 19.1 Å². The van der Waals surface area contributed by atoms with Crippen molar-refractivity contribution in [3.8, 4) is 10.6 Å². The maximum absolute atomic E-state index is 11.1. The third-order valence-electron chi connectivity index (χ3n) is 2.33. The summed E-state index contributed by atoms with van der Waals surface area (Å²) in [4.78, 5) is 16.2. The second-order valence-electron chi connectivity index (χ2n) is 3.32. The minimum Gasteiger partial charge on any atom is -0.477 e. The van der Waals surface area contributed by atoms with Gasteiger partial charge in [0.05, 0.1) is 9.21 Å². The van der Waals surface area contributed by atoms with Crippen LogP contribution in [0.15, 0.2) is 12.1 Å². The average molecular weight is 257 g/mol. The number of halogens is 1. The van der Waals surface area contributed by atoms with Crippen molar-refractivity contribution in [3.05, 3.63) is 28.0 Å². The highest BCUT2D eigenvalue weighted by molar-refractivity contribution is 7.19. The normalized spacial score (nSPS) is 10.7. The number of nitrogens with zero attached hydrogens (tertiary/aromatic N) is 2. The molecule has 4 nitrogen and oxygen atoms in total. The summed E-state index contributed by atoms with van der Waals surface area (Å²) in [6, 6.07) is 3.51. The molecule has 0 atom stereocenters. The van der Waals surface area contributed by atoms with E-state index in [1.165, 1.54) is 11.3 Å². The van der Waals surface area contributed by atoms with Crippen molar-refractivity contribution in [2.75, 3.05) is 0 Å². The van der Waals surface area contributed by atoms with Gasteiger partial charge in [-0.1, -0.05) is 11.6 Å². The summed E-state index contributed by atoms with van der Waals surface area (Å²) in [5.41, 5.74) is 0.667. The van der Waals surface area contributed by atoms with Gasteiger partial charge in [0.2, 0.25) is 0 Å². The number of imidazole rings is 1. The number of aryl methyl sites for hydroxylation is 1. The molecule has 2 aromatic rings. The van der Waals surface area contributed by atoms with Gasteiger partial charge in [0.1, 0.15) is 11.5 Å². The van der Waals surface area contributed by atoms with Crippen LogP contribution in [0.1, 0.15) is 16.3 Å². The maximum atomic E-state index is 11.1. The Bertz CT molecular complexity index is 559. The third kappa shape index (κ3) is 1.72. The van der Waals surface area contributed by atoms with E-state index in [-0.39, 0.29) is 5.69 Å². The molecule has 0 bridgehead atoms. The van der Waals surface area contributed by atoms with E-state index >= 15 is 0 Å². The van der Waals surface area contributed by atoms with Gasteiger partial charge in [-0.25, -0.2) is 9.78 Å². The summed E-state index contributed by atoms with van der Waals surface area (Å²) in [5.74, 6) is -0.320. The van der Waals surface area contributed by atoms with Crippen LogP contribution >= 0.6 is 22.9 Å². The van der Waals surface area contributed by atoms with E-state index in [0.29, 0.717) is 15.9 Å². The highest BCUT2D eigenvalue weighted by Crippen LogP contribution is 2.32. The number of carbonyl (C=O) groups is 1. The molecule has 0 aliphatic carbocycles. The first-order chi connectivity index (χ1) is 7.50. The fourth-order valence-corrected chi connectivity index (χ4v) is 2.50. The Balaban J connectivity index is 2.65. The quantitative estimate of drug-likeness (QED) is 0.899. The van der Waals surface area contributed by atoms with Crippen molar-refractivity contribution in [2.45, 2.75) is 6.92 Å². The number of hydrogen-bond donors (Lipinski definition) is 1. The molecule has 0 aliphatic rings. The van der Waals surface area contributed by atoms with Crippen LogP contribution in [0.5, 0.6) is 0 Å². The smallest absolute Gasteiger partial charge is 0.354 e. The maximum Gasteiger partial charge on any atom is 0.354 e. The van der Waals surface area contributed by atoms with Gasteiger partial charge in [-0.2, -0.15) is 0 Å². The highest BCUT2D eigenvalue weighted by Gasteiger charge is 2.20. The van der Waals surface area contributed by atoms with Gasteiger partial charge in [0, 0.05) is 7.05 Å². The Kier molecular flexibility index (Phi) is 2.73. The van der Waals surface area contributed by atoms with E-state index < -0.39 is 5.97 Å². The lowest BCUT2D eigenvalue weighted by molar-refractivity contribution is 0.0687. The van der Waals surface area contributed by atoms with Crippen LogP contribution in [0.4, 0.5) is 0 Å². The molecule has 84 valence electrons. The van der Waals surface area contributed by atoms with Crippen LogP contribution in [-0.4, -0.2) is 20.6 Å². The fourth-order valence-electron chi connectivity index (χ4n) is 1.47. The lowest BCUT2D eigenvalue weighted by Crippen LogP contribution is -2.06. The van der Waals surface area contributed by atoms with Crippen LogP contribution < -0.4 is 0 Å². The molecule has 0 unspecified atom stereocenters. The summed E-state index contributed by atoms with van der Waals surface area (Å²) in [6.45, 7) is 1.77. The second kappa shape index (κ2) is 3.92. The Morgan fingerprint density at radius 3 is 2.75 bits per heavy atom. The van der Waals surface area contributed by atoms with Gasteiger partial charge < -0.3 is 9.67 Å². The Morgan fingerprint density at radius 1 is 1.56 bits per heavy atom. The molecule has 2 rings (SSSR count). The van der Waals surface area contributed by atoms with Gasteiger partial charge in [-0.3, -0.25) is 0 Å². The molecule has 0 spiro atoms. The first-order valence-corrected chi connectivity index (χ1v) is 5.72. The standard InChI is InChI=1S/C10H9ClN2O2S/c1-5-12-8(6-3-4-7(11)16-6)9(10(14)15)13(5)2/h3-4H,1-2H3,(H,14,15). The molecule has 0 saturated carbocycles. The number of carboxylic acid groups (broad SMARTS) is 1. The molecule has 0 aromatic carbocycles. The highest BCUT2D eigenvalue weighted by atomic mass is 35.5. The number of hydrogen-bond acceptors (Lipinski definition) is 3. The molecule has 0 aliphatic heterocycles. The summed E-state index contributed by atoms with van der Waals surface area (Å²) in [7, 11) is 1.69. The zero-order valence-electron chi connectivity index (χ0n) is 8.69. The molecule has 16 heavy (non-hydrogen) atoms. The predicted molar refractivity (Wildman–Crippen MR) is 63.2 cm³/mol. The van der Waals surface area contributed by atoms with E-state index in [1.54, 1.807) is 30.7 Å².